The fraction of sp³-hybridized carbons (Fsp3) is 0.400. The van der Waals surface area contributed by atoms with E-state index in [1.807, 2.05) is 45.3 Å². The number of aliphatic imine (C=N–C) groups is 1. The summed E-state index contributed by atoms with van der Waals surface area (Å²) >= 11 is 0. The van der Waals surface area contributed by atoms with Gasteiger partial charge in [0.2, 0.25) is 0 Å². The van der Waals surface area contributed by atoms with Gasteiger partial charge in [0, 0.05) is 31.4 Å². The van der Waals surface area contributed by atoms with Crippen molar-refractivity contribution in [2.75, 3.05) is 33.7 Å². The van der Waals surface area contributed by atoms with Gasteiger partial charge in [0.05, 0.1) is 12.6 Å². The molecular formula is C20H28FN5. The third kappa shape index (κ3) is 6.44. The maximum Gasteiger partial charge on any atom is 0.191 e. The van der Waals surface area contributed by atoms with Crippen molar-refractivity contribution >= 4 is 5.96 Å². The molecule has 0 radical (unpaired) electrons. The van der Waals surface area contributed by atoms with Crippen LogP contribution in [-0.4, -0.2) is 49.6 Å². The summed E-state index contributed by atoms with van der Waals surface area (Å²) in [6.45, 7) is 4.10. The standard InChI is InChI=1S/C20H28FN5/c1-4-22-20(24-13-11-18-10-5-6-12-23-18)25-15-19(26(2)3)16-8-7-9-17(21)14-16/h5-10,12,14,19H,4,11,13,15H2,1-3H3,(H2,22,24,25). The average molecular weight is 357 g/mol. The number of halogens is 1. The van der Waals surface area contributed by atoms with Crippen molar-refractivity contribution in [2.45, 2.75) is 19.4 Å². The zero-order valence-electron chi connectivity index (χ0n) is 15.7. The molecule has 0 amide bonds. The second-order valence-corrected chi connectivity index (χ2v) is 6.25. The fourth-order valence-corrected chi connectivity index (χ4v) is 2.66. The molecule has 0 aliphatic heterocycles. The van der Waals surface area contributed by atoms with Crippen LogP contribution in [0.1, 0.15) is 24.2 Å². The van der Waals surface area contributed by atoms with Crippen LogP contribution in [0.5, 0.6) is 0 Å². The van der Waals surface area contributed by atoms with Gasteiger partial charge in [-0.3, -0.25) is 9.98 Å². The monoisotopic (exact) mass is 357 g/mol. The van der Waals surface area contributed by atoms with Gasteiger partial charge in [-0.15, -0.1) is 0 Å². The van der Waals surface area contributed by atoms with Crippen molar-refractivity contribution in [1.29, 1.82) is 0 Å². The second kappa shape index (κ2) is 10.5. The third-order valence-electron chi connectivity index (χ3n) is 4.02. The van der Waals surface area contributed by atoms with Gasteiger partial charge in [-0.05, 0) is 50.8 Å². The Morgan fingerprint density at radius 2 is 2.04 bits per heavy atom. The van der Waals surface area contributed by atoms with E-state index in [1.165, 1.54) is 6.07 Å². The van der Waals surface area contributed by atoms with Crippen molar-refractivity contribution in [3.63, 3.8) is 0 Å². The Morgan fingerprint density at radius 3 is 2.69 bits per heavy atom. The molecule has 5 nitrogen and oxygen atoms in total. The quantitative estimate of drug-likeness (QED) is 0.563. The number of aromatic nitrogens is 1. The van der Waals surface area contributed by atoms with Crippen molar-refractivity contribution in [1.82, 2.24) is 20.5 Å². The molecule has 140 valence electrons. The highest BCUT2D eigenvalue weighted by molar-refractivity contribution is 5.79. The van der Waals surface area contributed by atoms with Crippen LogP contribution >= 0.6 is 0 Å². The zero-order chi connectivity index (χ0) is 18.8. The highest BCUT2D eigenvalue weighted by atomic mass is 19.1. The minimum atomic E-state index is -0.223. The molecule has 1 atom stereocenters. The van der Waals surface area contributed by atoms with Gasteiger partial charge in [-0.25, -0.2) is 4.39 Å². The van der Waals surface area contributed by atoms with Crippen molar-refractivity contribution in [3.8, 4) is 0 Å². The summed E-state index contributed by atoms with van der Waals surface area (Å²) in [4.78, 5) is 11.1. The third-order valence-corrected chi connectivity index (χ3v) is 4.02. The number of pyridine rings is 1. The molecule has 0 fully saturated rings. The molecular weight excluding hydrogens is 329 g/mol. The summed E-state index contributed by atoms with van der Waals surface area (Å²) < 4.78 is 13.6. The predicted octanol–water partition coefficient (Wildman–Crippen LogP) is 2.62. The molecule has 6 heteroatoms. The van der Waals surface area contributed by atoms with E-state index in [9.17, 15) is 4.39 Å². The number of guanidine groups is 1. The first-order valence-corrected chi connectivity index (χ1v) is 8.94. The number of nitrogens with zero attached hydrogens (tertiary/aromatic N) is 3. The van der Waals surface area contributed by atoms with Crippen molar-refractivity contribution < 1.29 is 4.39 Å². The lowest BCUT2D eigenvalue weighted by atomic mass is 10.1. The average Bonchev–Trinajstić information content (AvgIpc) is 2.62. The maximum atomic E-state index is 13.6. The fourth-order valence-electron chi connectivity index (χ4n) is 2.66. The first-order chi connectivity index (χ1) is 12.6. The van der Waals surface area contributed by atoms with E-state index in [0.29, 0.717) is 6.54 Å². The van der Waals surface area contributed by atoms with Crippen LogP contribution in [0, 0.1) is 5.82 Å². The van der Waals surface area contributed by atoms with Crippen LogP contribution in [0.15, 0.2) is 53.7 Å². The Balaban J connectivity index is 1.98. The molecule has 26 heavy (non-hydrogen) atoms. The van der Waals surface area contributed by atoms with Gasteiger partial charge in [0.1, 0.15) is 5.82 Å². The molecule has 1 aromatic carbocycles. The number of hydrogen-bond acceptors (Lipinski definition) is 3. The number of benzene rings is 1. The Hall–Kier alpha value is -2.47. The van der Waals surface area contributed by atoms with E-state index in [4.69, 9.17) is 0 Å². The molecule has 1 aromatic heterocycles. The van der Waals surface area contributed by atoms with Gasteiger partial charge >= 0.3 is 0 Å². The Labute approximate surface area is 155 Å². The molecule has 1 heterocycles. The Bertz CT molecular complexity index is 688. The van der Waals surface area contributed by atoms with Crippen LogP contribution in [0.4, 0.5) is 4.39 Å². The van der Waals surface area contributed by atoms with Crippen LogP contribution in [0.2, 0.25) is 0 Å². The first kappa shape index (κ1) is 19.8. The lowest BCUT2D eigenvalue weighted by molar-refractivity contribution is 0.305. The smallest absolute Gasteiger partial charge is 0.191 e. The molecule has 2 aromatic rings. The largest absolute Gasteiger partial charge is 0.357 e. The summed E-state index contributed by atoms with van der Waals surface area (Å²) in [5.74, 6) is 0.533. The maximum absolute atomic E-state index is 13.6. The zero-order valence-corrected chi connectivity index (χ0v) is 15.7. The van der Waals surface area contributed by atoms with Gasteiger partial charge in [-0.1, -0.05) is 18.2 Å². The van der Waals surface area contributed by atoms with E-state index in [2.05, 4.69) is 25.5 Å². The van der Waals surface area contributed by atoms with Crippen LogP contribution in [0.3, 0.4) is 0 Å². The summed E-state index contributed by atoms with van der Waals surface area (Å²) in [5, 5.41) is 6.58. The molecule has 0 aliphatic carbocycles. The second-order valence-electron chi connectivity index (χ2n) is 6.25. The SMILES string of the molecule is CCNC(=NCC(c1cccc(F)c1)N(C)C)NCCc1ccccn1. The topological polar surface area (TPSA) is 52.6 Å². The molecule has 1 unspecified atom stereocenters. The lowest BCUT2D eigenvalue weighted by Gasteiger charge is -2.23. The van der Waals surface area contributed by atoms with E-state index >= 15 is 0 Å². The predicted molar refractivity (Wildman–Crippen MR) is 105 cm³/mol. The minimum Gasteiger partial charge on any atom is -0.357 e. The molecule has 0 saturated carbocycles. The molecule has 0 bridgehead atoms. The number of likely N-dealkylation sites (N-methyl/N-ethyl adjacent to an activating group) is 1. The lowest BCUT2D eigenvalue weighted by Crippen LogP contribution is -2.39. The number of rotatable bonds is 8. The number of hydrogen-bond donors (Lipinski definition) is 2. The molecule has 2 rings (SSSR count). The first-order valence-electron chi connectivity index (χ1n) is 8.94. The summed E-state index contributed by atoms with van der Waals surface area (Å²) in [7, 11) is 3.96. The van der Waals surface area contributed by atoms with Gasteiger partial charge in [0.25, 0.3) is 0 Å². The number of nitrogens with one attached hydrogen (secondary N) is 2. The van der Waals surface area contributed by atoms with Gasteiger partial charge < -0.3 is 15.5 Å². The van der Waals surface area contributed by atoms with Gasteiger partial charge in [-0.2, -0.15) is 0 Å². The van der Waals surface area contributed by atoms with E-state index in [1.54, 1.807) is 18.3 Å². The molecule has 0 saturated heterocycles. The summed E-state index contributed by atoms with van der Waals surface area (Å²) in [6, 6.07) is 12.6. The van der Waals surface area contributed by atoms with Crippen LogP contribution in [0.25, 0.3) is 0 Å². The highest BCUT2D eigenvalue weighted by Crippen LogP contribution is 2.19. The van der Waals surface area contributed by atoms with Crippen molar-refractivity contribution in [2.24, 2.45) is 4.99 Å². The van der Waals surface area contributed by atoms with Crippen LogP contribution in [-0.2, 0) is 6.42 Å². The Kier molecular flexibility index (Phi) is 8.02. The van der Waals surface area contributed by atoms with E-state index in [-0.39, 0.29) is 11.9 Å². The summed E-state index contributed by atoms with van der Waals surface area (Å²) in [6.07, 6.45) is 2.63. The normalized spacial score (nSPS) is 12.9. The van der Waals surface area contributed by atoms with E-state index < -0.39 is 0 Å². The van der Waals surface area contributed by atoms with E-state index in [0.717, 1.165) is 36.7 Å². The Morgan fingerprint density at radius 1 is 1.19 bits per heavy atom. The molecule has 0 aliphatic rings. The minimum absolute atomic E-state index is 0.0111. The van der Waals surface area contributed by atoms with Crippen LogP contribution < -0.4 is 10.6 Å². The van der Waals surface area contributed by atoms with Gasteiger partial charge in [0.15, 0.2) is 5.96 Å². The molecule has 0 spiro atoms. The molecule has 2 N–H and O–H groups in total. The summed E-state index contributed by atoms with van der Waals surface area (Å²) in [5.41, 5.74) is 1.96. The van der Waals surface area contributed by atoms with Crippen molar-refractivity contribution in [3.05, 3.63) is 65.7 Å². The highest BCUT2D eigenvalue weighted by Gasteiger charge is 2.14.